The molecule has 3 rings (SSSR count). The van der Waals surface area contributed by atoms with E-state index in [0.717, 1.165) is 0 Å². The van der Waals surface area contributed by atoms with E-state index in [1.165, 1.54) is 12.3 Å². The smallest absolute Gasteiger partial charge is 0.353 e. The van der Waals surface area contributed by atoms with Gasteiger partial charge < -0.3 is 10.2 Å². The van der Waals surface area contributed by atoms with Crippen molar-refractivity contribution in [3.8, 4) is 0 Å². The molecule has 1 aliphatic carbocycles. The minimum Gasteiger partial charge on any atom is -0.353 e. The Morgan fingerprint density at radius 1 is 1.42 bits per heavy atom. The highest BCUT2D eigenvalue weighted by molar-refractivity contribution is 5.88. The van der Waals surface area contributed by atoms with Gasteiger partial charge in [0, 0.05) is 36.8 Å². The van der Waals surface area contributed by atoms with Crippen LogP contribution in [0.4, 0.5) is 13.2 Å². The quantitative estimate of drug-likeness (QED) is 0.798. The van der Waals surface area contributed by atoms with Crippen molar-refractivity contribution in [2.75, 3.05) is 13.1 Å². The normalized spacial score (nSPS) is 26.1. The molecule has 0 spiro atoms. The van der Waals surface area contributed by atoms with E-state index < -0.39 is 24.1 Å². The van der Waals surface area contributed by atoms with Gasteiger partial charge in [0.25, 0.3) is 0 Å². The van der Waals surface area contributed by atoms with Gasteiger partial charge in [0.05, 0.1) is 18.0 Å². The zero-order chi connectivity index (χ0) is 18.9. The van der Waals surface area contributed by atoms with Gasteiger partial charge in [-0.1, -0.05) is 6.58 Å². The molecule has 1 aromatic heterocycles. The van der Waals surface area contributed by atoms with Crippen molar-refractivity contribution in [3.63, 3.8) is 0 Å². The van der Waals surface area contributed by atoms with Crippen molar-refractivity contribution < 1.29 is 22.8 Å². The predicted octanol–water partition coefficient (Wildman–Crippen LogP) is 1.91. The Kier molecular flexibility index (Phi) is 5.06. The summed E-state index contributed by atoms with van der Waals surface area (Å²) in [4.78, 5) is 25.8. The fourth-order valence-corrected chi connectivity index (χ4v) is 3.79. The number of alkyl halides is 3. The monoisotopic (exact) mass is 370 g/mol. The van der Waals surface area contributed by atoms with Crippen molar-refractivity contribution in [2.45, 2.75) is 43.8 Å². The SMILES string of the molecule is C=CC(=O)N1CCCC(C(=O)NC2Cc3[nH]ncc3C(C(F)(F)F)C2)C1. The van der Waals surface area contributed by atoms with Crippen molar-refractivity contribution in [1.29, 1.82) is 0 Å². The summed E-state index contributed by atoms with van der Waals surface area (Å²) in [5.41, 5.74) is 0.569. The predicted molar refractivity (Wildman–Crippen MR) is 87.1 cm³/mol. The van der Waals surface area contributed by atoms with Gasteiger partial charge in [0.2, 0.25) is 11.8 Å². The van der Waals surface area contributed by atoms with E-state index >= 15 is 0 Å². The largest absolute Gasteiger partial charge is 0.395 e. The van der Waals surface area contributed by atoms with E-state index in [1.54, 1.807) is 4.90 Å². The van der Waals surface area contributed by atoms with E-state index in [4.69, 9.17) is 0 Å². The van der Waals surface area contributed by atoms with Crippen LogP contribution in [0.15, 0.2) is 18.9 Å². The molecular formula is C17H21F3N4O2. The van der Waals surface area contributed by atoms with Crippen molar-refractivity contribution in [3.05, 3.63) is 30.1 Å². The first-order chi connectivity index (χ1) is 12.3. The Bertz CT molecular complexity index is 700. The Hall–Kier alpha value is -2.32. The molecule has 0 radical (unpaired) electrons. The molecule has 1 fully saturated rings. The number of piperidine rings is 1. The lowest BCUT2D eigenvalue weighted by Crippen LogP contribution is -2.49. The number of carbonyl (C=O) groups excluding carboxylic acids is 2. The molecule has 3 atom stereocenters. The second-order valence-corrected chi connectivity index (χ2v) is 6.87. The number of carbonyl (C=O) groups is 2. The Morgan fingerprint density at radius 3 is 2.88 bits per heavy atom. The number of hydrogen-bond donors (Lipinski definition) is 2. The highest BCUT2D eigenvalue weighted by atomic mass is 19.4. The van der Waals surface area contributed by atoms with Crippen LogP contribution >= 0.6 is 0 Å². The summed E-state index contributed by atoms with van der Waals surface area (Å²) in [7, 11) is 0. The molecule has 0 aromatic carbocycles. The van der Waals surface area contributed by atoms with Crippen molar-refractivity contribution in [2.24, 2.45) is 5.92 Å². The van der Waals surface area contributed by atoms with E-state index in [1.807, 2.05) is 0 Å². The Morgan fingerprint density at radius 2 is 2.19 bits per heavy atom. The standard InChI is InChI=1S/C17H21F3N4O2/c1-2-15(25)24-5-3-4-10(9-24)16(26)22-11-6-13(17(18,19)20)12-8-21-23-14(12)7-11/h2,8,10-11,13H,1,3-7,9H2,(H,21,23)(H,22,26). The van der Waals surface area contributed by atoms with Gasteiger partial charge in [-0.25, -0.2) is 0 Å². The second-order valence-electron chi connectivity index (χ2n) is 6.87. The molecule has 1 aromatic rings. The average molecular weight is 370 g/mol. The molecule has 26 heavy (non-hydrogen) atoms. The van der Waals surface area contributed by atoms with Crippen LogP contribution in [0.2, 0.25) is 0 Å². The Balaban J connectivity index is 1.66. The molecule has 142 valence electrons. The number of H-pyrrole nitrogens is 1. The van der Waals surface area contributed by atoms with Crippen LogP contribution in [-0.4, -0.2) is 52.2 Å². The lowest BCUT2D eigenvalue weighted by molar-refractivity contribution is -0.155. The van der Waals surface area contributed by atoms with Crippen LogP contribution in [0.1, 0.15) is 36.4 Å². The number of rotatable bonds is 3. The molecule has 9 heteroatoms. The number of amides is 2. The van der Waals surface area contributed by atoms with Crippen LogP contribution in [-0.2, 0) is 16.0 Å². The summed E-state index contributed by atoms with van der Waals surface area (Å²) in [5.74, 6) is -2.60. The number of hydrogen-bond acceptors (Lipinski definition) is 3. The minimum atomic E-state index is -4.39. The van der Waals surface area contributed by atoms with Crippen LogP contribution < -0.4 is 5.32 Å². The topological polar surface area (TPSA) is 78.1 Å². The van der Waals surface area contributed by atoms with Crippen molar-refractivity contribution in [1.82, 2.24) is 20.4 Å². The third-order valence-corrected chi connectivity index (χ3v) is 5.12. The lowest BCUT2D eigenvalue weighted by atomic mass is 9.83. The fourth-order valence-electron chi connectivity index (χ4n) is 3.79. The van der Waals surface area contributed by atoms with Crippen LogP contribution in [0, 0.1) is 5.92 Å². The number of aromatic amines is 1. The molecule has 2 amide bonds. The third kappa shape index (κ3) is 3.76. The lowest BCUT2D eigenvalue weighted by Gasteiger charge is -2.34. The maximum Gasteiger partial charge on any atom is 0.395 e. The number of aromatic nitrogens is 2. The summed E-state index contributed by atoms with van der Waals surface area (Å²) in [6, 6.07) is -0.618. The number of fused-ring (bicyclic) bond motifs is 1. The molecule has 2 aliphatic rings. The number of nitrogens with one attached hydrogen (secondary N) is 2. The highest BCUT2D eigenvalue weighted by Gasteiger charge is 2.46. The maximum absolute atomic E-state index is 13.3. The van der Waals surface area contributed by atoms with E-state index in [-0.39, 0.29) is 36.8 Å². The number of halogens is 3. The fraction of sp³-hybridized carbons (Fsp3) is 0.588. The van der Waals surface area contributed by atoms with Gasteiger partial charge in [-0.05, 0) is 25.3 Å². The first kappa shape index (κ1) is 18.5. The first-order valence-electron chi connectivity index (χ1n) is 8.60. The van der Waals surface area contributed by atoms with Gasteiger partial charge in [0.1, 0.15) is 0 Å². The molecule has 6 nitrogen and oxygen atoms in total. The summed E-state index contributed by atoms with van der Waals surface area (Å²) in [6.45, 7) is 4.27. The summed E-state index contributed by atoms with van der Waals surface area (Å²) >= 11 is 0. The van der Waals surface area contributed by atoms with E-state index in [0.29, 0.717) is 25.1 Å². The highest BCUT2D eigenvalue weighted by Crippen LogP contribution is 2.42. The summed E-state index contributed by atoms with van der Waals surface area (Å²) in [6.07, 6.45) is -0.601. The molecule has 0 saturated carbocycles. The molecule has 1 aliphatic heterocycles. The average Bonchev–Trinajstić information content (AvgIpc) is 3.07. The molecule has 3 unspecified atom stereocenters. The molecule has 2 heterocycles. The van der Waals surface area contributed by atoms with Gasteiger partial charge in [-0.15, -0.1) is 0 Å². The molecule has 1 saturated heterocycles. The number of likely N-dealkylation sites (tertiary alicyclic amines) is 1. The maximum atomic E-state index is 13.3. The summed E-state index contributed by atoms with van der Waals surface area (Å²) in [5, 5.41) is 9.07. The van der Waals surface area contributed by atoms with Crippen LogP contribution in [0.5, 0.6) is 0 Å². The zero-order valence-electron chi connectivity index (χ0n) is 14.2. The third-order valence-electron chi connectivity index (χ3n) is 5.12. The van der Waals surface area contributed by atoms with Gasteiger partial charge in [-0.2, -0.15) is 18.3 Å². The van der Waals surface area contributed by atoms with E-state index in [9.17, 15) is 22.8 Å². The molecule has 2 N–H and O–H groups in total. The summed E-state index contributed by atoms with van der Waals surface area (Å²) < 4.78 is 40.0. The van der Waals surface area contributed by atoms with Crippen LogP contribution in [0.25, 0.3) is 0 Å². The zero-order valence-corrected chi connectivity index (χ0v) is 14.2. The first-order valence-corrected chi connectivity index (χ1v) is 8.60. The van der Waals surface area contributed by atoms with Crippen LogP contribution in [0.3, 0.4) is 0 Å². The van der Waals surface area contributed by atoms with Gasteiger partial charge in [0.15, 0.2) is 0 Å². The number of nitrogens with zero attached hydrogens (tertiary/aromatic N) is 2. The molecule has 0 bridgehead atoms. The van der Waals surface area contributed by atoms with E-state index in [2.05, 4.69) is 22.1 Å². The van der Waals surface area contributed by atoms with Gasteiger partial charge >= 0.3 is 6.18 Å². The Labute approximate surface area is 148 Å². The minimum absolute atomic E-state index is 0.156. The molecular weight excluding hydrogens is 349 g/mol. The second kappa shape index (κ2) is 7.13. The van der Waals surface area contributed by atoms with Gasteiger partial charge in [-0.3, -0.25) is 14.7 Å². The van der Waals surface area contributed by atoms with Crippen molar-refractivity contribution >= 4 is 11.8 Å².